The zero-order chi connectivity index (χ0) is 20.4. The van der Waals surface area contributed by atoms with Crippen LogP contribution in [0.5, 0.6) is 0 Å². The van der Waals surface area contributed by atoms with E-state index in [2.05, 4.69) is 21.2 Å². The van der Waals surface area contributed by atoms with Gasteiger partial charge in [-0.2, -0.15) is 0 Å². The van der Waals surface area contributed by atoms with Gasteiger partial charge in [0, 0.05) is 21.3 Å². The molecule has 1 aliphatic rings. The molecule has 0 aliphatic carbocycles. The number of nitrogens with one attached hydrogen (secondary N) is 1. The van der Waals surface area contributed by atoms with Crippen LogP contribution in [0.4, 0.5) is 15.8 Å². The van der Waals surface area contributed by atoms with Gasteiger partial charge in [-0.3, -0.25) is 14.5 Å². The molecule has 1 N–H and O–H groups in total. The van der Waals surface area contributed by atoms with Crippen molar-refractivity contribution in [2.24, 2.45) is 0 Å². The summed E-state index contributed by atoms with van der Waals surface area (Å²) in [6, 6.07) is 20.6. The zero-order valence-corrected chi connectivity index (χ0v) is 17.5. The standard InChI is InChI=1S/C22H16BrFN2O2S/c23-15-11-9-14(10-12-15)21(28)25-18-7-3-1-5-16(18)22-26(20(27)13-29-22)19-8-4-2-6-17(19)24/h1-12,22H,13H2,(H,25,28)/t22-/m1/s1. The van der Waals surface area contributed by atoms with Gasteiger partial charge in [-0.1, -0.05) is 46.3 Å². The molecule has 0 unspecified atom stereocenters. The lowest BCUT2D eigenvalue weighted by Gasteiger charge is -2.26. The smallest absolute Gasteiger partial charge is 0.255 e. The van der Waals surface area contributed by atoms with E-state index in [4.69, 9.17) is 0 Å². The van der Waals surface area contributed by atoms with Crippen molar-refractivity contribution >= 4 is 50.9 Å². The highest BCUT2D eigenvalue weighted by Crippen LogP contribution is 2.44. The number of hydrogen-bond donors (Lipinski definition) is 1. The second kappa shape index (κ2) is 8.39. The van der Waals surface area contributed by atoms with Gasteiger partial charge in [0.25, 0.3) is 5.91 Å². The van der Waals surface area contributed by atoms with E-state index < -0.39 is 11.2 Å². The first kappa shape index (κ1) is 19.7. The Balaban J connectivity index is 1.67. The van der Waals surface area contributed by atoms with Crippen molar-refractivity contribution in [1.29, 1.82) is 0 Å². The van der Waals surface area contributed by atoms with Gasteiger partial charge in [-0.15, -0.1) is 11.8 Å². The molecule has 29 heavy (non-hydrogen) atoms. The molecule has 2 amide bonds. The number of para-hydroxylation sites is 2. The summed E-state index contributed by atoms with van der Waals surface area (Å²) >= 11 is 4.76. The summed E-state index contributed by atoms with van der Waals surface area (Å²) in [6.07, 6.45) is 0. The number of thioether (sulfide) groups is 1. The van der Waals surface area contributed by atoms with Crippen LogP contribution in [0, 0.1) is 5.82 Å². The lowest BCUT2D eigenvalue weighted by Crippen LogP contribution is -2.29. The Morgan fingerprint density at radius 1 is 1.03 bits per heavy atom. The molecule has 146 valence electrons. The van der Waals surface area contributed by atoms with E-state index in [1.807, 2.05) is 18.2 Å². The molecule has 0 bridgehead atoms. The third kappa shape index (κ3) is 4.06. The first-order valence-corrected chi connectivity index (χ1v) is 10.7. The molecule has 7 heteroatoms. The van der Waals surface area contributed by atoms with Crippen LogP contribution in [-0.2, 0) is 4.79 Å². The number of carbonyl (C=O) groups is 2. The molecule has 3 aromatic rings. The van der Waals surface area contributed by atoms with E-state index >= 15 is 0 Å². The highest BCUT2D eigenvalue weighted by molar-refractivity contribution is 9.10. The number of carbonyl (C=O) groups excluding carboxylic acids is 2. The number of halogens is 2. The van der Waals surface area contributed by atoms with Crippen molar-refractivity contribution in [3.05, 3.63) is 94.2 Å². The monoisotopic (exact) mass is 470 g/mol. The highest BCUT2D eigenvalue weighted by atomic mass is 79.9. The normalized spacial score (nSPS) is 16.1. The Hall–Kier alpha value is -2.64. The largest absolute Gasteiger partial charge is 0.322 e. The molecular formula is C22H16BrFN2O2S. The minimum absolute atomic E-state index is 0.167. The van der Waals surface area contributed by atoms with Crippen molar-refractivity contribution < 1.29 is 14.0 Å². The Labute approximate surface area is 180 Å². The maximum Gasteiger partial charge on any atom is 0.255 e. The third-order valence-electron chi connectivity index (χ3n) is 4.56. The fourth-order valence-corrected chi connectivity index (χ4v) is 4.65. The fourth-order valence-electron chi connectivity index (χ4n) is 3.18. The molecule has 1 heterocycles. The Kier molecular flexibility index (Phi) is 5.69. The third-order valence-corrected chi connectivity index (χ3v) is 6.28. The molecule has 4 nitrogen and oxygen atoms in total. The molecule has 0 spiro atoms. The molecule has 1 fully saturated rings. The number of benzene rings is 3. The van der Waals surface area contributed by atoms with E-state index in [0.29, 0.717) is 11.3 Å². The summed E-state index contributed by atoms with van der Waals surface area (Å²) in [5.74, 6) is -0.630. The van der Waals surface area contributed by atoms with Crippen LogP contribution in [0.15, 0.2) is 77.3 Å². The molecule has 1 saturated heterocycles. The zero-order valence-electron chi connectivity index (χ0n) is 15.1. The molecular weight excluding hydrogens is 455 g/mol. The summed E-state index contributed by atoms with van der Waals surface area (Å²) in [5.41, 5.74) is 2.09. The van der Waals surface area contributed by atoms with Gasteiger partial charge in [0.2, 0.25) is 5.91 Å². The number of amides is 2. The van der Waals surface area contributed by atoms with Gasteiger partial charge in [0.1, 0.15) is 11.2 Å². The van der Waals surface area contributed by atoms with Crippen LogP contribution in [0.2, 0.25) is 0 Å². The van der Waals surface area contributed by atoms with Gasteiger partial charge in [-0.05, 0) is 42.5 Å². The van der Waals surface area contributed by atoms with E-state index in [1.165, 1.54) is 22.7 Å². The first-order chi connectivity index (χ1) is 14.0. The maximum absolute atomic E-state index is 14.4. The van der Waals surface area contributed by atoms with Crippen molar-refractivity contribution in [3.8, 4) is 0 Å². The Bertz CT molecular complexity index is 1070. The van der Waals surface area contributed by atoms with Crippen LogP contribution in [0.3, 0.4) is 0 Å². The summed E-state index contributed by atoms with van der Waals surface area (Å²) in [7, 11) is 0. The lowest BCUT2D eigenvalue weighted by molar-refractivity contribution is -0.115. The maximum atomic E-state index is 14.4. The molecule has 3 aromatic carbocycles. The summed E-state index contributed by atoms with van der Waals surface area (Å²) in [4.78, 5) is 26.7. The van der Waals surface area contributed by atoms with Gasteiger partial charge < -0.3 is 5.32 Å². The van der Waals surface area contributed by atoms with E-state index in [1.54, 1.807) is 48.5 Å². The lowest BCUT2D eigenvalue weighted by atomic mass is 10.1. The summed E-state index contributed by atoms with van der Waals surface area (Å²) in [5, 5.41) is 2.50. The first-order valence-electron chi connectivity index (χ1n) is 8.88. The topological polar surface area (TPSA) is 49.4 Å². The molecule has 0 aromatic heterocycles. The minimum atomic E-state index is -0.454. The average molecular weight is 471 g/mol. The van der Waals surface area contributed by atoms with Crippen LogP contribution >= 0.6 is 27.7 Å². The predicted octanol–water partition coefficient (Wildman–Crippen LogP) is 5.62. The number of anilines is 2. The van der Waals surface area contributed by atoms with Gasteiger partial charge >= 0.3 is 0 Å². The molecule has 0 saturated carbocycles. The van der Waals surface area contributed by atoms with Crippen molar-refractivity contribution in [3.63, 3.8) is 0 Å². The fraction of sp³-hybridized carbons (Fsp3) is 0.0909. The van der Waals surface area contributed by atoms with Crippen LogP contribution in [0.1, 0.15) is 21.3 Å². The number of nitrogens with zero attached hydrogens (tertiary/aromatic N) is 1. The summed E-state index contributed by atoms with van der Waals surface area (Å²) < 4.78 is 15.3. The van der Waals surface area contributed by atoms with Crippen LogP contribution < -0.4 is 10.2 Å². The molecule has 1 aliphatic heterocycles. The number of hydrogen-bond acceptors (Lipinski definition) is 3. The second-order valence-corrected chi connectivity index (χ2v) is 8.41. The van der Waals surface area contributed by atoms with Crippen LogP contribution in [0.25, 0.3) is 0 Å². The summed E-state index contributed by atoms with van der Waals surface area (Å²) in [6.45, 7) is 0. The van der Waals surface area contributed by atoms with E-state index in [-0.39, 0.29) is 23.3 Å². The van der Waals surface area contributed by atoms with E-state index in [0.717, 1.165) is 10.0 Å². The van der Waals surface area contributed by atoms with Gasteiger partial charge in [0.05, 0.1) is 11.4 Å². The quantitative estimate of drug-likeness (QED) is 0.538. The Morgan fingerprint density at radius 3 is 2.48 bits per heavy atom. The average Bonchev–Trinajstić information content (AvgIpc) is 3.10. The van der Waals surface area contributed by atoms with E-state index in [9.17, 15) is 14.0 Å². The van der Waals surface area contributed by atoms with Crippen molar-refractivity contribution in [2.75, 3.05) is 16.0 Å². The number of rotatable bonds is 4. The van der Waals surface area contributed by atoms with Gasteiger partial charge in [0.15, 0.2) is 0 Å². The minimum Gasteiger partial charge on any atom is -0.322 e. The predicted molar refractivity (Wildman–Crippen MR) is 118 cm³/mol. The Morgan fingerprint density at radius 2 is 1.72 bits per heavy atom. The SMILES string of the molecule is O=C(Nc1ccccc1[C@H]1SCC(=O)N1c1ccccc1F)c1ccc(Br)cc1. The van der Waals surface area contributed by atoms with Gasteiger partial charge in [-0.25, -0.2) is 4.39 Å². The molecule has 0 radical (unpaired) electrons. The van der Waals surface area contributed by atoms with Crippen molar-refractivity contribution in [2.45, 2.75) is 5.37 Å². The molecule has 4 rings (SSSR count). The second-order valence-electron chi connectivity index (χ2n) is 6.43. The van der Waals surface area contributed by atoms with Crippen LogP contribution in [-0.4, -0.2) is 17.6 Å². The van der Waals surface area contributed by atoms with Crippen molar-refractivity contribution in [1.82, 2.24) is 0 Å². The highest BCUT2D eigenvalue weighted by Gasteiger charge is 2.36. The molecule has 1 atom stereocenters.